The zero-order valence-corrected chi connectivity index (χ0v) is 18.6. The number of nitrogens with one attached hydrogen (secondary N) is 1. The number of hydrogen-bond acceptors (Lipinski definition) is 8. The van der Waals surface area contributed by atoms with Gasteiger partial charge in [0.15, 0.2) is 16.0 Å². The lowest BCUT2D eigenvalue weighted by Crippen LogP contribution is -2.21. The first-order valence-electron chi connectivity index (χ1n) is 9.53. The predicted molar refractivity (Wildman–Crippen MR) is 121 cm³/mol. The molecule has 30 heavy (non-hydrogen) atoms. The van der Waals surface area contributed by atoms with Crippen LogP contribution in [0, 0.1) is 0 Å². The molecule has 0 saturated heterocycles. The van der Waals surface area contributed by atoms with Crippen molar-refractivity contribution in [3.8, 4) is 11.5 Å². The van der Waals surface area contributed by atoms with E-state index in [1.54, 1.807) is 35.3 Å². The zero-order chi connectivity index (χ0) is 20.7. The number of hydrogen-bond donors (Lipinski definition) is 1. The van der Waals surface area contributed by atoms with Gasteiger partial charge in [-0.1, -0.05) is 11.8 Å². The highest BCUT2D eigenvalue weighted by Gasteiger charge is 2.21. The molecule has 1 amide bonds. The minimum absolute atomic E-state index is 0.0229. The number of anilines is 1. The molecule has 4 aromatic rings. The molecule has 0 bridgehead atoms. The molecule has 0 unspecified atom stereocenters. The summed E-state index contributed by atoms with van der Waals surface area (Å²) in [6.07, 6.45) is 5.85. The molecule has 0 atom stereocenters. The molecule has 1 aliphatic carbocycles. The third-order valence-electron chi connectivity index (χ3n) is 5.01. The third kappa shape index (κ3) is 3.59. The van der Waals surface area contributed by atoms with Gasteiger partial charge in [0.25, 0.3) is 5.56 Å². The number of carbonyl (C=O) groups is 1. The highest BCUT2D eigenvalue weighted by atomic mass is 32.2. The van der Waals surface area contributed by atoms with E-state index in [2.05, 4.69) is 10.3 Å². The fraction of sp³-hybridized carbons (Fsp3) is 0.300. The summed E-state index contributed by atoms with van der Waals surface area (Å²) in [5.41, 5.74) is 1.84. The fourth-order valence-electron chi connectivity index (χ4n) is 3.55. The van der Waals surface area contributed by atoms with Crippen LogP contribution < -0.4 is 10.9 Å². The van der Waals surface area contributed by atoms with Crippen LogP contribution in [0.25, 0.3) is 21.7 Å². The number of aryl methyl sites for hydroxylation is 2. The number of thioether (sulfide) groups is 1. The molecule has 0 radical (unpaired) electrons. The highest BCUT2D eigenvalue weighted by molar-refractivity contribution is 7.99. The van der Waals surface area contributed by atoms with E-state index in [1.165, 1.54) is 40.0 Å². The summed E-state index contributed by atoms with van der Waals surface area (Å²) in [6.45, 7) is 0. The van der Waals surface area contributed by atoms with Gasteiger partial charge < -0.3 is 9.73 Å². The molecule has 0 spiro atoms. The van der Waals surface area contributed by atoms with Crippen molar-refractivity contribution in [1.29, 1.82) is 0 Å². The lowest BCUT2D eigenvalue weighted by molar-refractivity contribution is -0.113. The van der Waals surface area contributed by atoms with Crippen LogP contribution >= 0.6 is 34.4 Å². The van der Waals surface area contributed by atoms with Crippen LogP contribution in [0.15, 0.2) is 38.1 Å². The van der Waals surface area contributed by atoms with Crippen molar-refractivity contribution in [1.82, 2.24) is 14.5 Å². The Labute approximate surface area is 184 Å². The van der Waals surface area contributed by atoms with E-state index >= 15 is 0 Å². The van der Waals surface area contributed by atoms with E-state index in [9.17, 15) is 9.59 Å². The number of fused-ring (bicyclic) bond motifs is 3. The number of amides is 1. The topological polar surface area (TPSA) is 90.0 Å². The Bertz CT molecular complexity index is 1290. The Morgan fingerprint density at radius 1 is 1.33 bits per heavy atom. The third-order valence-corrected chi connectivity index (χ3v) is 7.99. The summed E-state index contributed by atoms with van der Waals surface area (Å²) < 4.78 is 6.88. The van der Waals surface area contributed by atoms with E-state index in [-0.39, 0.29) is 17.2 Å². The van der Waals surface area contributed by atoms with Crippen molar-refractivity contribution in [2.24, 2.45) is 7.05 Å². The SMILES string of the molecule is Cn1c(SCC(=O)Nc2nc(-c3ccco3)cs2)nc2sc3c(c2c1=O)CCCC3. The van der Waals surface area contributed by atoms with E-state index in [0.29, 0.717) is 21.7 Å². The van der Waals surface area contributed by atoms with Crippen molar-refractivity contribution in [3.63, 3.8) is 0 Å². The summed E-state index contributed by atoms with van der Waals surface area (Å²) in [5, 5.41) is 6.46. The maximum atomic E-state index is 12.9. The monoisotopic (exact) mass is 458 g/mol. The van der Waals surface area contributed by atoms with E-state index in [0.717, 1.165) is 29.5 Å². The summed E-state index contributed by atoms with van der Waals surface area (Å²) in [5.74, 6) is 0.611. The first-order valence-corrected chi connectivity index (χ1v) is 12.2. The summed E-state index contributed by atoms with van der Waals surface area (Å²) in [4.78, 5) is 36.5. The van der Waals surface area contributed by atoms with Gasteiger partial charge in [0.05, 0.1) is 17.4 Å². The molecule has 4 aromatic heterocycles. The molecule has 1 aliphatic rings. The van der Waals surface area contributed by atoms with Crippen LogP contribution in [0.3, 0.4) is 0 Å². The van der Waals surface area contributed by atoms with Gasteiger partial charge in [-0.05, 0) is 43.4 Å². The Morgan fingerprint density at radius 3 is 3.03 bits per heavy atom. The molecule has 7 nitrogen and oxygen atoms in total. The largest absolute Gasteiger partial charge is 0.463 e. The minimum atomic E-state index is -0.194. The maximum Gasteiger partial charge on any atom is 0.262 e. The molecule has 1 N–H and O–H groups in total. The number of rotatable bonds is 5. The fourth-order valence-corrected chi connectivity index (χ4v) is 6.34. The summed E-state index contributed by atoms with van der Waals surface area (Å²) >= 11 is 4.22. The van der Waals surface area contributed by atoms with Gasteiger partial charge >= 0.3 is 0 Å². The van der Waals surface area contributed by atoms with Crippen molar-refractivity contribution in [2.75, 3.05) is 11.1 Å². The average Bonchev–Trinajstić information content (AvgIpc) is 3.48. The molecule has 10 heteroatoms. The number of thiazole rings is 1. The van der Waals surface area contributed by atoms with Crippen LogP contribution in [-0.2, 0) is 24.7 Å². The quantitative estimate of drug-likeness (QED) is 0.354. The van der Waals surface area contributed by atoms with Gasteiger partial charge in [-0.2, -0.15) is 0 Å². The van der Waals surface area contributed by atoms with E-state index in [4.69, 9.17) is 9.40 Å². The van der Waals surface area contributed by atoms with Crippen LogP contribution in [0.5, 0.6) is 0 Å². The molecule has 0 saturated carbocycles. The molecular formula is C20H18N4O3S3. The summed E-state index contributed by atoms with van der Waals surface area (Å²) in [6, 6.07) is 3.61. The Morgan fingerprint density at radius 2 is 2.20 bits per heavy atom. The van der Waals surface area contributed by atoms with E-state index in [1.807, 2.05) is 11.4 Å². The summed E-state index contributed by atoms with van der Waals surface area (Å²) in [7, 11) is 1.72. The number of aromatic nitrogens is 3. The van der Waals surface area contributed by atoms with Crippen molar-refractivity contribution in [2.45, 2.75) is 30.8 Å². The second-order valence-corrected chi connectivity index (χ2v) is 9.89. The smallest absolute Gasteiger partial charge is 0.262 e. The minimum Gasteiger partial charge on any atom is -0.463 e. The zero-order valence-electron chi connectivity index (χ0n) is 16.1. The highest BCUT2D eigenvalue weighted by Crippen LogP contribution is 2.34. The average molecular weight is 459 g/mol. The van der Waals surface area contributed by atoms with Gasteiger partial charge in [0.2, 0.25) is 5.91 Å². The van der Waals surface area contributed by atoms with Gasteiger partial charge in [-0.25, -0.2) is 9.97 Å². The first kappa shape index (κ1) is 19.5. The van der Waals surface area contributed by atoms with Crippen molar-refractivity contribution in [3.05, 3.63) is 44.6 Å². The molecule has 4 heterocycles. The van der Waals surface area contributed by atoms with Gasteiger partial charge in [-0.3, -0.25) is 14.2 Å². The molecular weight excluding hydrogens is 440 g/mol. The predicted octanol–water partition coefficient (Wildman–Crippen LogP) is 4.32. The van der Waals surface area contributed by atoms with Crippen molar-refractivity contribution < 1.29 is 9.21 Å². The Balaban J connectivity index is 1.31. The van der Waals surface area contributed by atoms with Crippen LogP contribution in [0.2, 0.25) is 0 Å². The second kappa shape index (κ2) is 8.01. The molecule has 0 fully saturated rings. The van der Waals surface area contributed by atoms with E-state index < -0.39 is 0 Å². The standard InChI is InChI=1S/C20H18N4O3S3/c1-24-18(26)16-11-5-2-3-7-14(11)30-17(16)23-20(24)29-10-15(25)22-19-21-12(9-28-19)13-6-4-8-27-13/h4,6,8-9H,2-3,5,7,10H2,1H3,(H,21,22,25). The van der Waals surface area contributed by atoms with Gasteiger partial charge in [0.1, 0.15) is 10.5 Å². The van der Waals surface area contributed by atoms with Gasteiger partial charge in [0, 0.05) is 17.3 Å². The number of nitrogens with zero attached hydrogens (tertiary/aromatic N) is 3. The van der Waals surface area contributed by atoms with Gasteiger partial charge in [-0.15, -0.1) is 22.7 Å². The van der Waals surface area contributed by atoms with Crippen LogP contribution in [0.1, 0.15) is 23.3 Å². The molecule has 154 valence electrons. The lowest BCUT2D eigenvalue weighted by Gasteiger charge is -2.10. The second-order valence-electron chi connectivity index (χ2n) is 7.00. The van der Waals surface area contributed by atoms with Crippen LogP contribution in [-0.4, -0.2) is 26.2 Å². The lowest BCUT2D eigenvalue weighted by atomic mass is 9.97. The Hall–Kier alpha value is -2.43. The van der Waals surface area contributed by atoms with Crippen LogP contribution in [0.4, 0.5) is 5.13 Å². The Kier molecular flexibility index (Phi) is 5.21. The number of thiophene rings is 1. The molecule has 0 aromatic carbocycles. The number of carbonyl (C=O) groups excluding carboxylic acids is 1. The number of furan rings is 1. The normalized spacial score (nSPS) is 13.5. The first-order chi connectivity index (χ1) is 14.6. The van der Waals surface area contributed by atoms with Crippen molar-refractivity contribution >= 4 is 55.7 Å². The molecule has 5 rings (SSSR count). The molecule has 0 aliphatic heterocycles. The maximum absolute atomic E-state index is 12.9.